The lowest BCUT2D eigenvalue weighted by Crippen LogP contribution is -2.37. The van der Waals surface area contributed by atoms with Crippen LogP contribution in [0.15, 0.2) is 42.5 Å². The van der Waals surface area contributed by atoms with Crippen molar-refractivity contribution in [3.05, 3.63) is 52.5 Å². The summed E-state index contributed by atoms with van der Waals surface area (Å²) >= 11 is 11.9. The fourth-order valence-electron chi connectivity index (χ4n) is 2.24. The number of nitrogens with one attached hydrogen (secondary N) is 1. The van der Waals surface area contributed by atoms with Crippen molar-refractivity contribution in [2.75, 3.05) is 29.0 Å². The predicted molar refractivity (Wildman–Crippen MR) is 105 cm³/mol. The Morgan fingerprint density at radius 3 is 2.50 bits per heavy atom. The molecule has 9 heteroatoms. The maximum atomic E-state index is 12.4. The number of halogens is 2. The maximum absolute atomic E-state index is 12.4. The number of carbonyl (C=O) groups excluding carboxylic acids is 1. The van der Waals surface area contributed by atoms with E-state index in [1.807, 2.05) is 6.92 Å². The van der Waals surface area contributed by atoms with E-state index < -0.39 is 22.5 Å². The molecule has 0 atom stereocenters. The fourth-order valence-corrected chi connectivity index (χ4v) is 3.66. The lowest BCUT2D eigenvalue weighted by Gasteiger charge is -2.23. The average molecular weight is 417 g/mol. The van der Waals surface area contributed by atoms with Crippen molar-refractivity contribution in [3.63, 3.8) is 0 Å². The van der Waals surface area contributed by atoms with Crippen LogP contribution in [0.5, 0.6) is 5.75 Å². The van der Waals surface area contributed by atoms with Gasteiger partial charge >= 0.3 is 0 Å². The Hall–Kier alpha value is -1.96. The van der Waals surface area contributed by atoms with Crippen molar-refractivity contribution in [3.8, 4) is 5.75 Å². The van der Waals surface area contributed by atoms with Crippen LogP contribution in [0.1, 0.15) is 6.92 Å². The summed E-state index contributed by atoms with van der Waals surface area (Å²) in [6, 6.07) is 11.3. The van der Waals surface area contributed by atoms with Gasteiger partial charge in [0.05, 0.1) is 29.3 Å². The third-order valence-electron chi connectivity index (χ3n) is 3.33. The monoisotopic (exact) mass is 416 g/mol. The molecule has 0 radical (unpaired) electrons. The molecule has 0 aliphatic heterocycles. The zero-order valence-electron chi connectivity index (χ0n) is 14.2. The van der Waals surface area contributed by atoms with Gasteiger partial charge in [0.25, 0.3) is 0 Å². The van der Waals surface area contributed by atoms with Gasteiger partial charge < -0.3 is 10.1 Å². The number of sulfonamides is 1. The van der Waals surface area contributed by atoms with Gasteiger partial charge in [0.15, 0.2) is 0 Å². The van der Waals surface area contributed by atoms with Crippen LogP contribution < -0.4 is 14.4 Å². The molecule has 2 aromatic carbocycles. The van der Waals surface area contributed by atoms with Crippen LogP contribution in [0, 0.1) is 0 Å². The Kier molecular flexibility index (Phi) is 6.75. The predicted octanol–water partition coefficient (Wildman–Crippen LogP) is 3.80. The topological polar surface area (TPSA) is 75.7 Å². The Morgan fingerprint density at radius 1 is 1.19 bits per heavy atom. The van der Waals surface area contributed by atoms with E-state index in [1.165, 1.54) is 18.2 Å². The number of nitrogens with zero attached hydrogens (tertiary/aromatic N) is 1. The molecular weight excluding hydrogens is 399 g/mol. The third-order valence-corrected chi connectivity index (χ3v) is 4.99. The molecule has 0 saturated carbocycles. The first kappa shape index (κ1) is 20.4. The highest BCUT2D eigenvalue weighted by Crippen LogP contribution is 2.30. The molecule has 0 unspecified atom stereocenters. The van der Waals surface area contributed by atoms with E-state index in [2.05, 4.69) is 5.32 Å². The third kappa shape index (κ3) is 5.27. The van der Waals surface area contributed by atoms with Gasteiger partial charge in [-0.3, -0.25) is 9.10 Å². The smallest absolute Gasteiger partial charge is 0.245 e. The summed E-state index contributed by atoms with van der Waals surface area (Å²) in [7, 11) is -3.75. The van der Waals surface area contributed by atoms with E-state index in [-0.39, 0.29) is 10.7 Å². The first-order valence-corrected chi connectivity index (χ1v) is 10.3. The molecule has 0 aromatic heterocycles. The summed E-state index contributed by atoms with van der Waals surface area (Å²) in [4.78, 5) is 12.4. The molecule has 1 amide bonds. The molecule has 0 fully saturated rings. The molecular formula is C17H18Cl2N2O4S. The van der Waals surface area contributed by atoms with Crippen LogP contribution in [0.4, 0.5) is 11.4 Å². The molecule has 2 rings (SSSR count). The normalized spacial score (nSPS) is 11.1. The maximum Gasteiger partial charge on any atom is 0.245 e. The molecule has 0 saturated heterocycles. The van der Waals surface area contributed by atoms with Crippen LogP contribution >= 0.6 is 23.2 Å². The van der Waals surface area contributed by atoms with Gasteiger partial charge in [-0.2, -0.15) is 0 Å². The molecule has 0 heterocycles. The summed E-state index contributed by atoms with van der Waals surface area (Å²) in [5.41, 5.74) is 0.627. The first-order valence-electron chi connectivity index (χ1n) is 7.66. The Labute approximate surface area is 162 Å². The largest absolute Gasteiger partial charge is 0.492 e. The SMILES string of the molecule is CCOc1ccccc1NC(=O)CN(c1ccc(Cl)cc1Cl)S(C)(=O)=O. The molecule has 2 aromatic rings. The number of carbonyl (C=O) groups is 1. The molecule has 6 nitrogen and oxygen atoms in total. The van der Waals surface area contributed by atoms with Crippen LogP contribution in [-0.2, 0) is 14.8 Å². The number of amides is 1. The van der Waals surface area contributed by atoms with Crippen molar-refractivity contribution < 1.29 is 17.9 Å². The zero-order chi connectivity index (χ0) is 19.3. The number of benzene rings is 2. The van der Waals surface area contributed by atoms with Crippen molar-refractivity contribution in [1.29, 1.82) is 0 Å². The number of hydrogen-bond acceptors (Lipinski definition) is 4. The summed E-state index contributed by atoms with van der Waals surface area (Å²) in [5, 5.41) is 3.15. The molecule has 140 valence electrons. The van der Waals surface area contributed by atoms with E-state index >= 15 is 0 Å². The highest BCUT2D eigenvalue weighted by atomic mass is 35.5. The summed E-state index contributed by atoms with van der Waals surface area (Å²) in [5.74, 6) is -0.0348. The number of rotatable bonds is 7. The van der Waals surface area contributed by atoms with Gasteiger partial charge in [-0.25, -0.2) is 8.42 Å². The van der Waals surface area contributed by atoms with Gasteiger partial charge in [0, 0.05) is 5.02 Å². The summed E-state index contributed by atoms with van der Waals surface area (Å²) in [6.45, 7) is 1.82. The van der Waals surface area contributed by atoms with E-state index in [9.17, 15) is 13.2 Å². The lowest BCUT2D eigenvalue weighted by atomic mass is 10.3. The minimum Gasteiger partial charge on any atom is -0.492 e. The van der Waals surface area contributed by atoms with Crippen molar-refractivity contribution >= 4 is 50.5 Å². The van der Waals surface area contributed by atoms with Crippen LogP contribution in [-0.4, -0.2) is 33.7 Å². The van der Waals surface area contributed by atoms with Crippen LogP contribution in [0.25, 0.3) is 0 Å². The summed E-state index contributed by atoms with van der Waals surface area (Å²) < 4.78 is 30.7. The minimum atomic E-state index is -3.75. The highest BCUT2D eigenvalue weighted by molar-refractivity contribution is 7.92. The van der Waals surface area contributed by atoms with E-state index in [0.717, 1.165) is 10.6 Å². The lowest BCUT2D eigenvalue weighted by molar-refractivity contribution is -0.114. The zero-order valence-corrected chi connectivity index (χ0v) is 16.5. The highest BCUT2D eigenvalue weighted by Gasteiger charge is 2.23. The molecule has 0 aliphatic carbocycles. The van der Waals surface area contributed by atoms with Gasteiger partial charge in [-0.15, -0.1) is 0 Å². The molecule has 0 spiro atoms. The molecule has 0 aliphatic rings. The van der Waals surface area contributed by atoms with Crippen molar-refractivity contribution in [2.24, 2.45) is 0 Å². The van der Waals surface area contributed by atoms with Gasteiger partial charge in [-0.1, -0.05) is 35.3 Å². The number of ether oxygens (including phenoxy) is 1. The van der Waals surface area contributed by atoms with Crippen LogP contribution in [0.3, 0.4) is 0 Å². The second-order valence-electron chi connectivity index (χ2n) is 5.34. The van der Waals surface area contributed by atoms with Crippen molar-refractivity contribution in [2.45, 2.75) is 6.92 Å². The molecule has 26 heavy (non-hydrogen) atoms. The first-order chi connectivity index (χ1) is 12.2. The van der Waals surface area contributed by atoms with Crippen molar-refractivity contribution in [1.82, 2.24) is 0 Å². The Morgan fingerprint density at radius 2 is 1.88 bits per heavy atom. The number of hydrogen-bond donors (Lipinski definition) is 1. The van der Waals surface area contributed by atoms with E-state index in [4.69, 9.17) is 27.9 Å². The Bertz CT molecular complexity index is 903. The fraction of sp³-hybridized carbons (Fsp3) is 0.235. The second-order valence-corrected chi connectivity index (χ2v) is 8.09. The summed E-state index contributed by atoms with van der Waals surface area (Å²) in [6.07, 6.45) is 0.999. The van der Waals surface area contributed by atoms with Crippen LogP contribution in [0.2, 0.25) is 10.0 Å². The van der Waals surface area contributed by atoms with Gasteiger partial charge in [-0.05, 0) is 37.3 Å². The van der Waals surface area contributed by atoms with Gasteiger partial charge in [0.2, 0.25) is 15.9 Å². The van der Waals surface area contributed by atoms with Gasteiger partial charge in [0.1, 0.15) is 12.3 Å². The van der Waals surface area contributed by atoms with E-state index in [0.29, 0.717) is 23.1 Å². The van der Waals surface area contributed by atoms with E-state index in [1.54, 1.807) is 24.3 Å². The second kappa shape index (κ2) is 8.62. The number of anilines is 2. The quantitative estimate of drug-likeness (QED) is 0.744. The average Bonchev–Trinajstić information content (AvgIpc) is 2.54. The molecule has 0 bridgehead atoms. The minimum absolute atomic E-state index is 0.130. The standard InChI is InChI=1S/C17H18Cl2N2O4S/c1-3-25-16-7-5-4-6-14(16)20-17(22)11-21(26(2,23)24)15-9-8-12(18)10-13(15)19/h4-10H,3,11H2,1-2H3,(H,20,22). The Balaban J connectivity index is 2.26. The molecule has 1 N–H and O–H groups in total. The number of para-hydroxylation sites is 2.